The quantitative estimate of drug-likeness (QED) is 0.832. The monoisotopic (exact) mass is 341 g/mol. The summed E-state index contributed by atoms with van der Waals surface area (Å²) in [6.07, 6.45) is 2.15. The largest absolute Gasteiger partial charge is 0.427 e. The van der Waals surface area contributed by atoms with Gasteiger partial charge in [-0.05, 0) is 30.5 Å². The van der Waals surface area contributed by atoms with Gasteiger partial charge >= 0.3 is 5.97 Å². The lowest BCUT2D eigenvalue weighted by Crippen LogP contribution is -2.39. The first-order valence-electron chi connectivity index (χ1n) is 7.30. The Labute approximate surface area is 138 Å². The molecule has 0 fully saturated rings. The van der Waals surface area contributed by atoms with Crippen molar-refractivity contribution in [2.75, 3.05) is 6.61 Å². The van der Waals surface area contributed by atoms with E-state index >= 15 is 0 Å². The highest BCUT2D eigenvalue weighted by Gasteiger charge is 2.42. The van der Waals surface area contributed by atoms with E-state index in [1.807, 2.05) is 13.0 Å². The van der Waals surface area contributed by atoms with Gasteiger partial charge in [0.1, 0.15) is 0 Å². The van der Waals surface area contributed by atoms with Crippen LogP contribution in [0.25, 0.3) is 10.9 Å². The predicted molar refractivity (Wildman–Crippen MR) is 86.3 cm³/mol. The summed E-state index contributed by atoms with van der Waals surface area (Å²) in [5.41, 5.74) is 2.75. The third-order valence-corrected chi connectivity index (χ3v) is 4.63. The average Bonchev–Trinajstić information content (AvgIpc) is 2.79. The van der Waals surface area contributed by atoms with Crippen LogP contribution in [0.3, 0.4) is 0 Å². The zero-order valence-corrected chi connectivity index (χ0v) is 14.0. The van der Waals surface area contributed by atoms with Crippen molar-refractivity contribution in [3.05, 3.63) is 33.4 Å². The highest BCUT2D eigenvalue weighted by atomic mass is 35.5. The molecule has 1 aliphatic rings. The molecule has 2 aromatic rings. The first-order chi connectivity index (χ1) is 10.5. The van der Waals surface area contributed by atoms with Crippen LogP contribution in [0, 0.1) is 0 Å². The SMILES string of the molecule is CCCC1(OC(C)=O)OCCc2c1[nH]c1cc(Cl)c(Cl)cc21. The maximum Gasteiger partial charge on any atom is 0.305 e. The van der Waals surface area contributed by atoms with Crippen molar-refractivity contribution in [3.63, 3.8) is 0 Å². The molecule has 118 valence electrons. The molecule has 0 bridgehead atoms. The van der Waals surface area contributed by atoms with Crippen LogP contribution in [-0.2, 0) is 26.5 Å². The molecular weight excluding hydrogens is 325 g/mol. The summed E-state index contributed by atoms with van der Waals surface area (Å²) in [6, 6.07) is 3.65. The van der Waals surface area contributed by atoms with Crippen molar-refractivity contribution in [3.8, 4) is 0 Å². The molecule has 3 rings (SSSR count). The van der Waals surface area contributed by atoms with Gasteiger partial charge in [0, 0.05) is 24.2 Å². The van der Waals surface area contributed by atoms with E-state index < -0.39 is 5.79 Å². The van der Waals surface area contributed by atoms with E-state index in [1.165, 1.54) is 6.92 Å². The minimum absolute atomic E-state index is 0.365. The maximum atomic E-state index is 11.6. The molecular formula is C16H17Cl2NO3. The molecule has 0 aliphatic carbocycles. The van der Waals surface area contributed by atoms with Crippen molar-refractivity contribution < 1.29 is 14.3 Å². The van der Waals surface area contributed by atoms with Gasteiger partial charge in [0.2, 0.25) is 0 Å². The van der Waals surface area contributed by atoms with Crippen LogP contribution in [-0.4, -0.2) is 17.6 Å². The maximum absolute atomic E-state index is 11.6. The summed E-state index contributed by atoms with van der Waals surface area (Å²) < 4.78 is 11.5. The number of ether oxygens (including phenoxy) is 2. The Bertz CT molecular complexity index is 741. The van der Waals surface area contributed by atoms with Crippen molar-refractivity contribution in [2.45, 2.75) is 38.9 Å². The number of benzene rings is 1. The Morgan fingerprint density at radius 3 is 2.82 bits per heavy atom. The van der Waals surface area contributed by atoms with Gasteiger partial charge in [0.25, 0.3) is 5.79 Å². The Morgan fingerprint density at radius 2 is 2.14 bits per heavy atom. The number of halogens is 2. The van der Waals surface area contributed by atoms with Gasteiger partial charge in [0.05, 0.1) is 22.3 Å². The number of nitrogens with one attached hydrogen (secondary N) is 1. The molecule has 1 unspecified atom stereocenters. The molecule has 1 aromatic carbocycles. The number of carbonyl (C=O) groups is 1. The summed E-state index contributed by atoms with van der Waals surface area (Å²) >= 11 is 12.2. The number of aromatic nitrogens is 1. The van der Waals surface area contributed by atoms with E-state index in [4.69, 9.17) is 32.7 Å². The summed E-state index contributed by atoms with van der Waals surface area (Å²) in [5.74, 6) is -1.41. The van der Waals surface area contributed by atoms with Gasteiger partial charge in [-0.1, -0.05) is 30.1 Å². The van der Waals surface area contributed by atoms with Gasteiger partial charge < -0.3 is 14.5 Å². The molecule has 22 heavy (non-hydrogen) atoms. The minimum Gasteiger partial charge on any atom is -0.427 e. The Hall–Kier alpha value is -1.23. The summed E-state index contributed by atoms with van der Waals surface area (Å²) in [6.45, 7) is 3.91. The number of fused-ring (bicyclic) bond motifs is 3. The molecule has 0 saturated heterocycles. The van der Waals surface area contributed by atoms with E-state index in [0.717, 1.165) is 35.0 Å². The zero-order chi connectivity index (χ0) is 15.9. The smallest absolute Gasteiger partial charge is 0.305 e. The van der Waals surface area contributed by atoms with E-state index in [1.54, 1.807) is 6.07 Å². The van der Waals surface area contributed by atoms with Crippen LogP contribution >= 0.6 is 23.2 Å². The number of hydrogen-bond donors (Lipinski definition) is 1. The van der Waals surface area contributed by atoms with Gasteiger partial charge in [0.15, 0.2) is 0 Å². The third kappa shape index (κ3) is 2.49. The number of hydrogen-bond acceptors (Lipinski definition) is 3. The van der Waals surface area contributed by atoms with Crippen molar-refractivity contribution in [1.29, 1.82) is 0 Å². The van der Waals surface area contributed by atoms with Crippen LogP contribution in [0.4, 0.5) is 0 Å². The van der Waals surface area contributed by atoms with Crippen LogP contribution < -0.4 is 0 Å². The second-order valence-corrected chi connectivity index (χ2v) is 6.30. The van der Waals surface area contributed by atoms with Crippen molar-refractivity contribution in [1.82, 2.24) is 4.98 Å². The first kappa shape index (κ1) is 15.7. The lowest BCUT2D eigenvalue weighted by molar-refractivity contribution is -0.247. The van der Waals surface area contributed by atoms with Gasteiger partial charge in [-0.3, -0.25) is 4.79 Å². The van der Waals surface area contributed by atoms with Crippen molar-refractivity contribution in [2.24, 2.45) is 0 Å². The fourth-order valence-corrected chi connectivity index (χ4v) is 3.44. The lowest BCUT2D eigenvalue weighted by atomic mass is 9.97. The van der Waals surface area contributed by atoms with Crippen LogP contribution in [0.15, 0.2) is 12.1 Å². The summed E-state index contributed by atoms with van der Waals surface area (Å²) in [5, 5.41) is 2.00. The Balaban J connectivity index is 2.22. The van der Waals surface area contributed by atoms with Crippen LogP contribution in [0.2, 0.25) is 10.0 Å². The van der Waals surface area contributed by atoms with Crippen LogP contribution in [0.5, 0.6) is 0 Å². The molecule has 1 N–H and O–H groups in total. The van der Waals surface area contributed by atoms with E-state index in [-0.39, 0.29) is 5.97 Å². The molecule has 1 aromatic heterocycles. The average molecular weight is 342 g/mol. The normalized spacial score (nSPS) is 20.9. The number of rotatable bonds is 3. The number of carbonyl (C=O) groups excluding carboxylic acids is 1. The highest BCUT2D eigenvalue weighted by Crippen LogP contribution is 2.42. The number of esters is 1. The minimum atomic E-state index is -1.05. The molecule has 0 amide bonds. The van der Waals surface area contributed by atoms with E-state index in [9.17, 15) is 4.79 Å². The molecule has 0 spiro atoms. The topological polar surface area (TPSA) is 51.3 Å². The molecule has 6 heteroatoms. The fourth-order valence-electron chi connectivity index (χ4n) is 3.11. The summed E-state index contributed by atoms with van der Waals surface area (Å²) in [4.78, 5) is 14.9. The number of aromatic amines is 1. The fraction of sp³-hybridized carbons (Fsp3) is 0.438. The molecule has 4 nitrogen and oxygen atoms in total. The van der Waals surface area contributed by atoms with Gasteiger partial charge in [-0.25, -0.2) is 0 Å². The van der Waals surface area contributed by atoms with Crippen LogP contribution in [0.1, 0.15) is 37.9 Å². The third-order valence-electron chi connectivity index (χ3n) is 3.90. The highest BCUT2D eigenvalue weighted by molar-refractivity contribution is 6.42. The first-order valence-corrected chi connectivity index (χ1v) is 8.06. The lowest BCUT2D eigenvalue weighted by Gasteiger charge is -2.36. The van der Waals surface area contributed by atoms with Gasteiger partial charge in [-0.2, -0.15) is 0 Å². The van der Waals surface area contributed by atoms with Crippen molar-refractivity contribution >= 4 is 40.1 Å². The Morgan fingerprint density at radius 1 is 1.41 bits per heavy atom. The second-order valence-electron chi connectivity index (χ2n) is 5.49. The van der Waals surface area contributed by atoms with Gasteiger partial charge in [-0.15, -0.1) is 0 Å². The molecule has 1 aliphatic heterocycles. The Kier molecular flexibility index (Phi) is 4.10. The summed E-state index contributed by atoms with van der Waals surface area (Å²) in [7, 11) is 0. The predicted octanol–water partition coefficient (Wildman–Crippen LogP) is 4.56. The molecule has 0 radical (unpaired) electrons. The van der Waals surface area contributed by atoms with E-state index in [0.29, 0.717) is 23.1 Å². The molecule has 1 atom stereocenters. The van der Waals surface area contributed by atoms with E-state index in [2.05, 4.69) is 4.98 Å². The number of H-pyrrole nitrogens is 1. The zero-order valence-electron chi connectivity index (χ0n) is 12.5. The standard InChI is InChI=1S/C16H17Cl2NO3/c1-3-5-16(22-9(2)20)15-10(4-6-21-16)11-7-12(17)13(18)8-14(11)19-15/h7-8,19H,3-6H2,1-2H3. The molecule has 2 heterocycles. The second kappa shape index (κ2) is 5.76. The molecule has 0 saturated carbocycles.